The SMILES string of the molecule is CCCC(=O)N(C)c1ccc(F)[c-]c1F.[Ti]. The van der Waals surface area contributed by atoms with E-state index in [-0.39, 0.29) is 33.3 Å². The zero-order chi connectivity index (χ0) is 11.4. The molecule has 0 N–H and O–H groups in total. The Morgan fingerprint density at radius 3 is 2.56 bits per heavy atom. The van der Waals surface area contributed by atoms with Crippen molar-refractivity contribution in [1.82, 2.24) is 0 Å². The summed E-state index contributed by atoms with van der Waals surface area (Å²) < 4.78 is 25.8. The van der Waals surface area contributed by atoms with Gasteiger partial charge in [-0.1, -0.05) is 6.92 Å². The molecule has 0 aliphatic carbocycles. The number of benzene rings is 1. The monoisotopic (exact) mass is 260 g/mol. The first-order chi connectivity index (χ1) is 7.06. The summed E-state index contributed by atoms with van der Waals surface area (Å²) >= 11 is 0. The van der Waals surface area contributed by atoms with Gasteiger partial charge >= 0.3 is 0 Å². The van der Waals surface area contributed by atoms with Crippen molar-refractivity contribution in [1.29, 1.82) is 0 Å². The van der Waals surface area contributed by atoms with E-state index < -0.39 is 11.6 Å². The fourth-order valence-corrected chi connectivity index (χ4v) is 1.21. The van der Waals surface area contributed by atoms with E-state index in [1.807, 2.05) is 13.0 Å². The number of hydrogen-bond donors (Lipinski definition) is 0. The predicted molar refractivity (Wildman–Crippen MR) is 53.5 cm³/mol. The van der Waals surface area contributed by atoms with Crippen LogP contribution in [-0.4, -0.2) is 13.0 Å². The minimum Gasteiger partial charge on any atom is -0.366 e. The first kappa shape index (κ1) is 15.3. The third-order valence-electron chi connectivity index (χ3n) is 2.04. The number of nitrogens with zero attached hydrogens (tertiary/aromatic N) is 1. The van der Waals surface area contributed by atoms with E-state index in [2.05, 4.69) is 0 Å². The molecule has 0 aliphatic rings. The molecule has 0 aliphatic heterocycles. The van der Waals surface area contributed by atoms with Crippen molar-refractivity contribution in [3.8, 4) is 0 Å². The van der Waals surface area contributed by atoms with E-state index in [4.69, 9.17) is 0 Å². The summed E-state index contributed by atoms with van der Waals surface area (Å²) in [4.78, 5) is 12.6. The maximum atomic E-state index is 13.2. The summed E-state index contributed by atoms with van der Waals surface area (Å²) in [5.41, 5.74) is 0.0508. The molecular weight excluding hydrogens is 248 g/mol. The maximum absolute atomic E-state index is 13.2. The maximum Gasteiger partial charge on any atom is 0.215 e. The van der Waals surface area contributed by atoms with Crippen molar-refractivity contribution in [2.24, 2.45) is 0 Å². The minimum atomic E-state index is -0.845. The van der Waals surface area contributed by atoms with Crippen LogP contribution in [0.15, 0.2) is 12.1 Å². The summed E-state index contributed by atoms with van der Waals surface area (Å²) in [5.74, 6) is -1.81. The molecule has 0 radical (unpaired) electrons. The van der Waals surface area contributed by atoms with Crippen LogP contribution in [0, 0.1) is 17.7 Å². The van der Waals surface area contributed by atoms with Crippen LogP contribution in [0.4, 0.5) is 14.5 Å². The van der Waals surface area contributed by atoms with Gasteiger partial charge in [-0.15, -0.1) is 18.2 Å². The van der Waals surface area contributed by atoms with Gasteiger partial charge in [0.1, 0.15) is 0 Å². The fourth-order valence-electron chi connectivity index (χ4n) is 1.21. The second-order valence-corrected chi connectivity index (χ2v) is 3.21. The molecule has 5 heteroatoms. The van der Waals surface area contributed by atoms with Gasteiger partial charge < -0.3 is 4.90 Å². The van der Waals surface area contributed by atoms with E-state index in [1.165, 1.54) is 18.0 Å². The smallest absolute Gasteiger partial charge is 0.215 e. The summed E-state index contributed by atoms with van der Waals surface area (Å²) in [5, 5.41) is 0. The second-order valence-electron chi connectivity index (χ2n) is 3.21. The number of carbonyl (C=O) groups excluding carboxylic acids is 1. The van der Waals surface area contributed by atoms with Crippen molar-refractivity contribution in [3.05, 3.63) is 29.8 Å². The summed E-state index contributed by atoms with van der Waals surface area (Å²) in [6.45, 7) is 1.86. The van der Waals surface area contributed by atoms with Gasteiger partial charge in [0.15, 0.2) is 0 Å². The summed E-state index contributed by atoms with van der Waals surface area (Å²) in [7, 11) is 1.46. The summed E-state index contributed by atoms with van der Waals surface area (Å²) in [6.07, 6.45) is 1.03. The Bertz CT molecular complexity index is 371. The van der Waals surface area contributed by atoms with Crippen LogP contribution in [-0.2, 0) is 26.5 Å². The molecule has 0 heterocycles. The molecule has 1 amide bonds. The molecule has 0 unspecified atom stereocenters. The van der Waals surface area contributed by atoms with Crippen molar-refractivity contribution in [2.45, 2.75) is 19.8 Å². The molecule has 0 atom stereocenters. The number of amides is 1. The Hall–Kier alpha value is -0.736. The van der Waals surface area contributed by atoms with Gasteiger partial charge in [-0.25, -0.2) is 8.78 Å². The summed E-state index contributed by atoms with van der Waals surface area (Å²) in [6, 6.07) is 4.20. The third-order valence-corrected chi connectivity index (χ3v) is 2.04. The number of rotatable bonds is 3. The zero-order valence-electron chi connectivity index (χ0n) is 9.18. The Morgan fingerprint density at radius 1 is 1.44 bits per heavy atom. The van der Waals surface area contributed by atoms with Gasteiger partial charge in [0.05, 0.1) is 0 Å². The molecule has 0 saturated heterocycles. The Labute approximate surface area is 109 Å². The number of carbonyl (C=O) groups is 1. The predicted octanol–water partition coefficient (Wildman–Crippen LogP) is 2.53. The van der Waals surface area contributed by atoms with Gasteiger partial charge in [-0.2, -0.15) is 0 Å². The molecule has 0 spiro atoms. The molecular formula is C11H12F2NOTi-. The first-order valence-electron chi connectivity index (χ1n) is 4.70. The van der Waals surface area contributed by atoms with Gasteiger partial charge in [0, 0.05) is 46.8 Å². The van der Waals surface area contributed by atoms with Crippen LogP contribution in [0.2, 0.25) is 0 Å². The van der Waals surface area contributed by atoms with Gasteiger partial charge in [0.25, 0.3) is 0 Å². The molecule has 0 saturated carbocycles. The normalized spacial score (nSPS) is 9.50. The quantitative estimate of drug-likeness (QED) is 0.604. The van der Waals surface area contributed by atoms with Crippen LogP contribution < -0.4 is 4.90 Å². The molecule has 2 nitrogen and oxygen atoms in total. The average molecular weight is 260 g/mol. The van der Waals surface area contributed by atoms with Crippen LogP contribution in [0.1, 0.15) is 19.8 Å². The second kappa shape index (κ2) is 6.76. The van der Waals surface area contributed by atoms with E-state index >= 15 is 0 Å². The zero-order valence-corrected chi connectivity index (χ0v) is 10.7. The minimum absolute atomic E-state index is 0. The number of hydrogen-bond acceptors (Lipinski definition) is 1. The van der Waals surface area contributed by atoms with E-state index in [1.54, 1.807) is 0 Å². The number of anilines is 1. The van der Waals surface area contributed by atoms with Crippen molar-refractivity contribution >= 4 is 11.6 Å². The van der Waals surface area contributed by atoms with E-state index in [9.17, 15) is 13.6 Å². The topological polar surface area (TPSA) is 20.3 Å². The van der Waals surface area contributed by atoms with Crippen LogP contribution in [0.5, 0.6) is 0 Å². The van der Waals surface area contributed by atoms with E-state index in [0.717, 1.165) is 6.07 Å². The molecule has 0 bridgehead atoms. The number of halogens is 2. The van der Waals surface area contributed by atoms with Crippen molar-refractivity contribution in [3.63, 3.8) is 0 Å². The largest absolute Gasteiger partial charge is 0.366 e. The Kier molecular flexibility index (Phi) is 6.45. The Balaban J connectivity index is 0.00000225. The Morgan fingerprint density at radius 2 is 2.06 bits per heavy atom. The van der Waals surface area contributed by atoms with Crippen molar-refractivity contribution in [2.75, 3.05) is 11.9 Å². The standard InChI is InChI=1S/C11H12F2NO.Ti/c1-3-4-11(15)14(2)10-6-5-8(12)7-9(10)13;/h5-6H,3-4H2,1-2H3;/q-1;. The fraction of sp³-hybridized carbons (Fsp3) is 0.364. The molecule has 0 aromatic heterocycles. The van der Waals surface area contributed by atoms with Crippen LogP contribution in [0.25, 0.3) is 0 Å². The first-order valence-corrected chi connectivity index (χ1v) is 4.70. The third kappa shape index (κ3) is 3.69. The molecule has 1 rings (SSSR count). The molecule has 1 aromatic rings. The van der Waals surface area contributed by atoms with Crippen LogP contribution >= 0.6 is 0 Å². The van der Waals surface area contributed by atoms with Gasteiger partial charge in [-0.05, 0) is 12.1 Å². The van der Waals surface area contributed by atoms with Crippen LogP contribution in [0.3, 0.4) is 0 Å². The molecule has 16 heavy (non-hydrogen) atoms. The molecule has 1 aromatic carbocycles. The van der Waals surface area contributed by atoms with Gasteiger partial charge in [-0.3, -0.25) is 4.79 Å². The molecule has 0 fully saturated rings. The van der Waals surface area contributed by atoms with Crippen molar-refractivity contribution < 1.29 is 35.3 Å². The van der Waals surface area contributed by atoms with E-state index in [0.29, 0.717) is 12.8 Å². The van der Waals surface area contributed by atoms with Gasteiger partial charge in [0.2, 0.25) is 5.91 Å². The molecule has 86 valence electrons. The average Bonchev–Trinajstić information content (AvgIpc) is 2.17.